The fourth-order valence-corrected chi connectivity index (χ4v) is 16.3. The van der Waals surface area contributed by atoms with Gasteiger partial charge in [-0.05, 0) is 0 Å². The molecule has 0 aliphatic heterocycles. The van der Waals surface area contributed by atoms with Crippen molar-refractivity contribution in [2.75, 3.05) is 7.11 Å². The van der Waals surface area contributed by atoms with Crippen LogP contribution in [0.4, 0.5) is 0 Å². The van der Waals surface area contributed by atoms with Crippen molar-refractivity contribution in [1.82, 2.24) is 0 Å². The van der Waals surface area contributed by atoms with E-state index in [0.29, 0.717) is 0 Å². The van der Waals surface area contributed by atoms with Gasteiger partial charge in [0.25, 0.3) is 0 Å². The molecule has 0 N–H and O–H groups in total. The minimum absolute atomic E-state index is 0.906. The zero-order valence-electron chi connectivity index (χ0n) is 15.0. The van der Waals surface area contributed by atoms with Gasteiger partial charge in [0.1, 0.15) is 0 Å². The van der Waals surface area contributed by atoms with Crippen molar-refractivity contribution < 1.29 is 7.81 Å². The quantitative estimate of drug-likeness (QED) is 0.368. The summed E-state index contributed by atoms with van der Waals surface area (Å²) in [6.45, 7) is 6.89. The summed E-state index contributed by atoms with van der Waals surface area (Å²) in [5.41, 5.74) is 0. The molecule has 0 saturated heterocycles. The van der Waals surface area contributed by atoms with Crippen molar-refractivity contribution in [3.63, 3.8) is 0 Å². The van der Waals surface area contributed by atoms with Crippen LogP contribution in [0.1, 0.15) is 59.3 Å². The molecule has 0 fully saturated rings. The Morgan fingerprint density at radius 3 is 1.50 bits per heavy atom. The molecular weight excluding hydrogens is 379 g/mol. The molecule has 0 aliphatic rings. The number of ether oxygens (including phenoxy) is 1. The molecule has 22 heavy (non-hydrogen) atoms. The summed E-state index contributed by atoms with van der Waals surface area (Å²) in [5, 5.41) is 0. The third-order valence-corrected chi connectivity index (χ3v) is 17.1. The summed E-state index contributed by atoms with van der Waals surface area (Å²) >= 11 is -2.53. The molecule has 0 amide bonds. The zero-order chi connectivity index (χ0) is 16.3. The Balaban J connectivity index is 2.87. The molecule has 0 heterocycles. The average molecular weight is 413 g/mol. The molecule has 0 atom stereocenters. The van der Waals surface area contributed by atoms with Crippen molar-refractivity contribution in [1.29, 1.82) is 0 Å². The summed E-state index contributed by atoms with van der Waals surface area (Å²) < 4.78 is 16.1. The molecule has 0 aromatic heterocycles. The van der Waals surface area contributed by atoms with Crippen LogP contribution >= 0.6 is 0 Å². The van der Waals surface area contributed by atoms with Crippen LogP contribution in [0.3, 0.4) is 0 Å². The molecule has 0 unspecified atom stereocenters. The number of rotatable bonds is 12. The summed E-state index contributed by atoms with van der Waals surface area (Å²) in [5.74, 6) is 1.98. The third-order valence-electron chi connectivity index (χ3n) is 4.35. The van der Waals surface area contributed by atoms with Crippen LogP contribution in [0.25, 0.3) is 0 Å². The topological polar surface area (TPSA) is 18.5 Å². The van der Waals surface area contributed by atoms with E-state index in [2.05, 4.69) is 32.9 Å². The van der Waals surface area contributed by atoms with E-state index in [9.17, 15) is 0 Å². The zero-order valence-corrected chi connectivity index (χ0v) is 17.8. The maximum absolute atomic E-state index is 6.76. The van der Waals surface area contributed by atoms with E-state index in [0.717, 1.165) is 11.5 Å². The van der Waals surface area contributed by atoms with Gasteiger partial charge in [-0.2, -0.15) is 0 Å². The van der Waals surface area contributed by atoms with Crippen molar-refractivity contribution in [2.45, 2.75) is 72.6 Å². The van der Waals surface area contributed by atoms with Gasteiger partial charge >= 0.3 is 142 Å². The molecule has 0 saturated carbocycles. The third kappa shape index (κ3) is 6.80. The van der Waals surface area contributed by atoms with Crippen LogP contribution in [-0.2, 0) is 0 Å². The van der Waals surface area contributed by atoms with E-state index in [1.807, 2.05) is 12.1 Å². The summed E-state index contributed by atoms with van der Waals surface area (Å²) in [6.07, 6.45) is 7.84. The van der Waals surface area contributed by atoms with E-state index in [1.54, 1.807) is 7.11 Å². The average Bonchev–Trinajstić information content (AvgIpc) is 2.56. The van der Waals surface area contributed by atoms with Crippen LogP contribution in [0.5, 0.6) is 11.5 Å². The molecule has 1 aromatic carbocycles. The van der Waals surface area contributed by atoms with Crippen molar-refractivity contribution >= 4 is 18.8 Å². The molecule has 0 radical (unpaired) electrons. The Bertz CT molecular complexity index is 367. The van der Waals surface area contributed by atoms with E-state index in [4.69, 9.17) is 7.81 Å². The Kier molecular flexibility index (Phi) is 10.0. The first-order valence-electron chi connectivity index (χ1n) is 9.02. The van der Waals surface area contributed by atoms with Crippen LogP contribution in [0.15, 0.2) is 24.3 Å². The second-order valence-electron chi connectivity index (χ2n) is 6.27. The molecule has 0 bridgehead atoms. The number of methoxy groups -OCH3 is 1. The Morgan fingerprint density at radius 2 is 1.14 bits per heavy atom. The van der Waals surface area contributed by atoms with Crippen LogP contribution in [0.2, 0.25) is 13.3 Å². The molecular formula is C19H34O2Sn. The number of hydrogen-bond acceptors (Lipinski definition) is 2. The molecule has 3 heteroatoms. The second kappa shape index (κ2) is 11.2. The number of benzene rings is 1. The normalized spacial score (nSPS) is 11.5. The van der Waals surface area contributed by atoms with Gasteiger partial charge in [0.15, 0.2) is 0 Å². The maximum atomic E-state index is 6.76. The van der Waals surface area contributed by atoms with Crippen LogP contribution < -0.4 is 7.81 Å². The predicted molar refractivity (Wildman–Crippen MR) is 98.5 cm³/mol. The summed E-state index contributed by atoms with van der Waals surface area (Å²) in [4.78, 5) is 0. The van der Waals surface area contributed by atoms with Gasteiger partial charge in [-0.25, -0.2) is 0 Å². The van der Waals surface area contributed by atoms with E-state index < -0.39 is 18.8 Å². The Labute approximate surface area is 142 Å². The summed E-state index contributed by atoms with van der Waals surface area (Å²) in [7, 11) is 1.71. The molecule has 2 nitrogen and oxygen atoms in total. The van der Waals surface area contributed by atoms with Gasteiger partial charge in [-0.15, -0.1) is 0 Å². The number of unbranched alkanes of at least 4 members (excludes halogenated alkanes) is 3. The van der Waals surface area contributed by atoms with E-state index >= 15 is 0 Å². The predicted octanol–water partition coefficient (Wildman–Crippen LogP) is 6.42. The molecule has 126 valence electrons. The molecule has 1 aromatic rings. The van der Waals surface area contributed by atoms with Crippen LogP contribution in [0, 0.1) is 0 Å². The Morgan fingerprint density at radius 1 is 0.727 bits per heavy atom. The van der Waals surface area contributed by atoms with Gasteiger partial charge in [0, 0.05) is 0 Å². The molecule has 0 aliphatic carbocycles. The van der Waals surface area contributed by atoms with Crippen molar-refractivity contribution in [3.8, 4) is 11.5 Å². The standard InChI is InChI=1S/C7H8O2.3C4H9.Sn/c1-9-7-4-2-6(8)3-5-7;3*1-3-4-2;/h2-5,8H,1H3;3*1,3-4H2,2H3;/q;;;;+1/p-1. The van der Waals surface area contributed by atoms with E-state index in [-0.39, 0.29) is 0 Å². The minimum atomic E-state index is -2.53. The van der Waals surface area contributed by atoms with Crippen molar-refractivity contribution in [2.24, 2.45) is 0 Å². The van der Waals surface area contributed by atoms with Gasteiger partial charge in [0.2, 0.25) is 0 Å². The first-order valence-corrected chi connectivity index (χ1v) is 16.2. The second-order valence-corrected chi connectivity index (χ2v) is 17.9. The molecule has 0 spiro atoms. The first kappa shape index (κ1) is 19.7. The van der Waals surface area contributed by atoms with Gasteiger partial charge in [0.05, 0.1) is 0 Å². The first-order chi connectivity index (χ1) is 10.7. The fourth-order valence-electron chi connectivity index (χ4n) is 2.92. The van der Waals surface area contributed by atoms with Gasteiger partial charge < -0.3 is 0 Å². The SMILES string of the molecule is CCC[CH2][Sn]([CH2]CCC)([CH2]CCC)[O]c1ccc(OC)cc1. The van der Waals surface area contributed by atoms with E-state index in [1.165, 1.54) is 51.8 Å². The monoisotopic (exact) mass is 414 g/mol. The van der Waals surface area contributed by atoms with Gasteiger partial charge in [-0.1, -0.05) is 0 Å². The van der Waals surface area contributed by atoms with Crippen molar-refractivity contribution in [3.05, 3.63) is 24.3 Å². The molecule has 1 rings (SSSR count). The van der Waals surface area contributed by atoms with Gasteiger partial charge in [-0.3, -0.25) is 0 Å². The van der Waals surface area contributed by atoms with Crippen LogP contribution in [-0.4, -0.2) is 25.9 Å². The number of hydrogen-bond donors (Lipinski definition) is 0. The fraction of sp³-hybridized carbons (Fsp3) is 0.684. The summed E-state index contributed by atoms with van der Waals surface area (Å²) in [6, 6.07) is 8.22. The Hall–Kier alpha value is -0.381.